The monoisotopic (exact) mass is 214 g/mol. The van der Waals surface area contributed by atoms with Gasteiger partial charge in [-0.2, -0.15) is 0 Å². The summed E-state index contributed by atoms with van der Waals surface area (Å²) >= 11 is -10.5. The van der Waals surface area contributed by atoms with E-state index in [1.54, 1.807) is 0 Å². The zero-order valence-corrected chi connectivity index (χ0v) is 4.91. The fourth-order valence-corrected chi connectivity index (χ4v) is 0. The topological polar surface area (TPSA) is 58.7 Å². The molecule has 0 aliphatic carbocycles. The minimum atomic E-state index is -10.5. The van der Waals surface area contributed by atoms with Crippen LogP contribution < -0.4 is 0 Å². The fourth-order valence-electron chi connectivity index (χ4n) is 0. The number of halogens is 6. The summed E-state index contributed by atoms with van der Waals surface area (Å²) in [7, 11) is 0. The van der Waals surface area contributed by atoms with Crippen LogP contribution in [0.2, 0.25) is 0 Å². The molecule has 0 aliphatic rings. The van der Waals surface area contributed by atoms with Crippen LogP contribution in [0.5, 0.6) is 0 Å². The standard InChI is InChI=1S/6FH.N3.Ni/c;;;;;;1-3-2;/h6*1H;;/q;;;;;;-1;+3/p-6. The van der Waals surface area contributed by atoms with E-state index in [9.17, 15) is 21.6 Å². The largest absolute Gasteiger partial charge is 0.373 e. The van der Waals surface area contributed by atoms with Crippen molar-refractivity contribution in [3.05, 3.63) is 16.0 Å². The first-order chi connectivity index (χ1) is 3.86. The molecule has 10 heteroatoms. The molecule has 0 bridgehead atoms. The van der Waals surface area contributed by atoms with Crippen LogP contribution in [-0.2, 0) is 13.0 Å². The Labute approximate surface area is 51.6 Å². The molecule has 0 saturated carbocycles. The normalized spacial score (nSPS) is 17.0. The third kappa shape index (κ3) is 792. The molecular formula is F6N3Ni-4. The summed E-state index contributed by atoms with van der Waals surface area (Å²) in [6.45, 7) is 0. The fraction of sp³-hybridized carbons (Fsp3) is 0. The van der Waals surface area contributed by atoms with Gasteiger partial charge in [0.05, 0.1) is 0 Å². The number of rotatable bonds is 0. The first kappa shape index (κ1) is 12.1. The van der Waals surface area contributed by atoms with Crippen LogP contribution in [0.1, 0.15) is 0 Å². The average molecular weight is 215 g/mol. The molecule has 0 N–H and O–H groups in total. The van der Waals surface area contributed by atoms with Gasteiger partial charge in [-0.3, -0.25) is 4.91 Å². The molecule has 0 amide bonds. The Morgan fingerprint density at radius 3 is 0.800 bits per heavy atom. The van der Waals surface area contributed by atoms with E-state index in [4.69, 9.17) is 11.1 Å². The second-order valence-corrected chi connectivity index (χ2v) is 2.88. The van der Waals surface area contributed by atoms with Gasteiger partial charge in [0.1, 0.15) is 0 Å². The Hall–Kier alpha value is -0.616. The summed E-state index contributed by atoms with van der Waals surface area (Å²) < 4.78 is 59.1. The van der Waals surface area contributed by atoms with Crippen molar-refractivity contribution >= 4 is 0 Å². The average Bonchev–Trinajstić information content (AvgIpc) is 1.20. The van der Waals surface area contributed by atoms with Crippen LogP contribution in [0.15, 0.2) is 0 Å². The predicted octanol–water partition coefficient (Wildman–Crippen LogP) is 3.38. The molecule has 0 unspecified atom stereocenters. The Balaban J connectivity index is 0. The Kier molecular flexibility index (Phi) is 2.34. The second-order valence-electron chi connectivity index (χ2n) is 0.767. The second kappa shape index (κ2) is 1.93. The molecule has 0 aliphatic heterocycles. The molecule has 0 radical (unpaired) electrons. The van der Waals surface area contributed by atoms with Crippen LogP contribution in [0, 0.1) is 0 Å². The van der Waals surface area contributed by atoms with E-state index in [0.717, 1.165) is 0 Å². The number of hydrogen-bond acceptors (Lipinski definition) is 0. The van der Waals surface area contributed by atoms with E-state index in [0.29, 0.717) is 0 Å². The maximum Gasteiger partial charge on any atom is -0.255 e. The summed E-state index contributed by atoms with van der Waals surface area (Å²) in [6.07, 6.45) is 0. The zero-order chi connectivity index (χ0) is 9.12. The van der Waals surface area contributed by atoms with Gasteiger partial charge in [0.2, 0.25) is 0 Å². The van der Waals surface area contributed by atoms with Gasteiger partial charge >= 0.3 is 34.6 Å². The van der Waals surface area contributed by atoms with Crippen molar-refractivity contribution < 1.29 is 34.6 Å². The third-order valence-electron chi connectivity index (χ3n) is 0. The van der Waals surface area contributed by atoms with Crippen molar-refractivity contribution in [2.24, 2.45) is 0 Å². The molecule has 0 rings (SSSR count). The van der Waals surface area contributed by atoms with Crippen LogP contribution in [0.3, 0.4) is 0 Å². The molecule has 0 heterocycles. The molecular weight excluding hydrogens is 215 g/mol. The molecule has 0 aromatic heterocycles. The first-order valence-corrected chi connectivity index (χ1v) is 3.36. The van der Waals surface area contributed by atoms with Crippen LogP contribution in [0.25, 0.3) is 16.0 Å². The van der Waals surface area contributed by atoms with Crippen LogP contribution in [0.4, 0.5) is 21.6 Å². The molecule has 0 atom stereocenters. The Morgan fingerprint density at radius 2 is 0.800 bits per heavy atom. The van der Waals surface area contributed by atoms with E-state index >= 15 is 0 Å². The first-order valence-electron chi connectivity index (χ1n) is 1.12. The number of nitrogens with zero attached hydrogens (tertiary/aromatic N) is 3. The van der Waals surface area contributed by atoms with Crippen molar-refractivity contribution in [1.29, 1.82) is 0 Å². The third-order valence-corrected chi connectivity index (χ3v) is 0. The van der Waals surface area contributed by atoms with Crippen molar-refractivity contribution in [2.45, 2.75) is 0 Å². The molecule has 0 saturated heterocycles. The van der Waals surface area contributed by atoms with Gasteiger partial charge in [-0.1, -0.05) is 0 Å². The van der Waals surface area contributed by atoms with E-state index < -0.39 is 13.0 Å². The summed E-state index contributed by atoms with van der Waals surface area (Å²) in [5, 5.41) is 0. The molecule has 0 aromatic carbocycles. The van der Waals surface area contributed by atoms with Gasteiger partial charge in [0.15, 0.2) is 0 Å². The van der Waals surface area contributed by atoms with Crippen molar-refractivity contribution in [3.63, 3.8) is 0 Å². The summed E-state index contributed by atoms with van der Waals surface area (Å²) in [5.74, 6) is 0. The van der Waals surface area contributed by atoms with Crippen molar-refractivity contribution in [1.82, 2.24) is 0 Å². The van der Waals surface area contributed by atoms with Crippen molar-refractivity contribution in [2.75, 3.05) is 0 Å². The minimum Gasteiger partial charge on any atom is -0.373 e. The van der Waals surface area contributed by atoms with E-state index in [2.05, 4.69) is 0 Å². The van der Waals surface area contributed by atoms with Gasteiger partial charge in [0.25, 0.3) is 0 Å². The van der Waals surface area contributed by atoms with Crippen molar-refractivity contribution in [3.8, 4) is 0 Å². The van der Waals surface area contributed by atoms with E-state index in [1.807, 2.05) is 0 Å². The van der Waals surface area contributed by atoms with Gasteiger partial charge < -0.3 is 11.1 Å². The van der Waals surface area contributed by atoms with E-state index in [-0.39, 0.29) is 0 Å². The predicted molar refractivity (Wildman–Crippen MR) is 16.7 cm³/mol. The molecule has 0 fully saturated rings. The summed E-state index contributed by atoms with van der Waals surface area (Å²) in [5.41, 5.74) is 13.5. The van der Waals surface area contributed by atoms with Gasteiger partial charge in [-0.25, -0.2) is 0 Å². The van der Waals surface area contributed by atoms with Crippen LogP contribution in [-0.4, -0.2) is 0 Å². The van der Waals surface area contributed by atoms with Gasteiger partial charge in [-0.05, 0) is 0 Å². The molecule has 10 heavy (non-hydrogen) atoms. The Bertz CT molecular complexity index is 129. The zero-order valence-electron chi connectivity index (χ0n) is 3.93. The minimum absolute atomic E-state index is 1.50. The summed E-state index contributed by atoms with van der Waals surface area (Å²) in [4.78, 5) is 1.50. The van der Waals surface area contributed by atoms with E-state index in [1.165, 1.54) is 4.91 Å². The maximum atomic E-state index is 9.85. The molecule has 0 aromatic rings. The molecule has 3 nitrogen and oxygen atoms in total. The molecule has 71 valence electrons. The smallest absolute Gasteiger partial charge is 0.255 e. The SMILES string of the molecule is [F][Ni-3]([F])([F])([F])([F])[F].[N-]=[N+]=[N-]. The van der Waals surface area contributed by atoms with Gasteiger partial charge in [0, 0.05) is 0 Å². The molecule has 0 spiro atoms. The quantitative estimate of drug-likeness (QED) is 0.195. The number of hydrogen-bond donors (Lipinski definition) is 0. The summed E-state index contributed by atoms with van der Waals surface area (Å²) in [6, 6.07) is 0. The Morgan fingerprint density at radius 1 is 0.800 bits per heavy atom. The maximum absolute atomic E-state index is 10.5. The van der Waals surface area contributed by atoms with Gasteiger partial charge in [-0.15, -0.1) is 0 Å². The van der Waals surface area contributed by atoms with Crippen LogP contribution >= 0.6 is 0 Å².